The van der Waals surface area contributed by atoms with Gasteiger partial charge in [0.25, 0.3) is 5.91 Å². The van der Waals surface area contributed by atoms with Gasteiger partial charge in [0.15, 0.2) is 0 Å². The molecule has 0 saturated carbocycles. The number of para-hydroxylation sites is 2. The normalized spacial score (nSPS) is 20.7. The Bertz CT molecular complexity index is 657. The molecule has 3 rings (SSSR count). The topological polar surface area (TPSA) is 50.4 Å². The Morgan fingerprint density at radius 3 is 2.65 bits per heavy atom. The molecule has 2 atom stereocenters. The van der Waals surface area contributed by atoms with Gasteiger partial charge in [-0.05, 0) is 49.7 Å². The van der Waals surface area contributed by atoms with Crippen molar-refractivity contribution in [3.8, 4) is 11.5 Å². The van der Waals surface area contributed by atoms with E-state index in [1.165, 1.54) is 0 Å². The van der Waals surface area contributed by atoms with E-state index in [4.69, 9.17) is 4.74 Å². The van der Waals surface area contributed by atoms with Crippen molar-refractivity contribution in [2.45, 2.75) is 19.4 Å². The molecule has 23 heavy (non-hydrogen) atoms. The monoisotopic (exact) mass is 310 g/mol. The summed E-state index contributed by atoms with van der Waals surface area (Å²) < 4.78 is 5.87. The highest BCUT2D eigenvalue weighted by atomic mass is 16.5. The lowest BCUT2D eigenvalue weighted by Gasteiger charge is -2.30. The van der Waals surface area contributed by atoms with E-state index < -0.39 is 0 Å². The van der Waals surface area contributed by atoms with Gasteiger partial charge in [0, 0.05) is 6.04 Å². The molecule has 120 valence electrons. The minimum absolute atomic E-state index is 0.0738. The predicted octanol–water partition coefficient (Wildman–Crippen LogP) is 3.21. The Balaban J connectivity index is 1.75. The first-order valence-electron chi connectivity index (χ1n) is 8.07. The fourth-order valence-electron chi connectivity index (χ4n) is 2.83. The van der Waals surface area contributed by atoms with Crippen LogP contribution in [0.25, 0.3) is 0 Å². The molecule has 0 aliphatic carbocycles. The van der Waals surface area contributed by atoms with Crippen LogP contribution in [0.5, 0.6) is 11.5 Å². The largest absolute Gasteiger partial charge is 0.457 e. The van der Waals surface area contributed by atoms with E-state index >= 15 is 0 Å². The van der Waals surface area contributed by atoms with Gasteiger partial charge >= 0.3 is 0 Å². The van der Waals surface area contributed by atoms with Crippen molar-refractivity contribution >= 4 is 5.91 Å². The van der Waals surface area contributed by atoms with Gasteiger partial charge in [-0.15, -0.1) is 0 Å². The molecule has 2 N–H and O–H groups in total. The lowest BCUT2D eigenvalue weighted by Crippen LogP contribution is -2.48. The first-order valence-corrected chi connectivity index (χ1v) is 8.07. The third-order valence-corrected chi connectivity index (χ3v) is 4.20. The molecular weight excluding hydrogens is 288 g/mol. The van der Waals surface area contributed by atoms with E-state index in [2.05, 4.69) is 17.6 Å². The lowest BCUT2D eigenvalue weighted by molar-refractivity contribution is 0.0912. The van der Waals surface area contributed by atoms with E-state index in [-0.39, 0.29) is 11.9 Å². The molecule has 0 bridgehead atoms. The van der Waals surface area contributed by atoms with Crippen molar-refractivity contribution in [1.82, 2.24) is 10.6 Å². The number of ether oxygens (including phenoxy) is 1. The minimum atomic E-state index is -0.0738. The van der Waals surface area contributed by atoms with Crippen LogP contribution >= 0.6 is 0 Å². The molecule has 4 heteroatoms. The van der Waals surface area contributed by atoms with Crippen LogP contribution in [0.15, 0.2) is 54.6 Å². The maximum atomic E-state index is 12.7. The minimum Gasteiger partial charge on any atom is -0.457 e. The number of rotatable bonds is 4. The predicted molar refractivity (Wildman–Crippen MR) is 90.9 cm³/mol. The van der Waals surface area contributed by atoms with E-state index in [1.807, 2.05) is 48.5 Å². The maximum Gasteiger partial charge on any atom is 0.255 e. The average Bonchev–Trinajstić information content (AvgIpc) is 2.58. The van der Waals surface area contributed by atoms with Crippen LogP contribution in [0.1, 0.15) is 23.7 Å². The van der Waals surface area contributed by atoms with Crippen molar-refractivity contribution in [2.24, 2.45) is 5.92 Å². The Morgan fingerprint density at radius 1 is 1.13 bits per heavy atom. The molecule has 1 amide bonds. The Labute approximate surface area is 136 Å². The first-order chi connectivity index (χ1) is 11.2. The number of carbonyl (C=O) groups is 1. The standard InChI is InChI=1S/C19H22N2O2/c1-14-13-20-12-11-17(14)21-19(22)16-9-5-6-10-18(16)23-15-7-3-2-4-8-15/h2-10,14,17,20H,11-13H2,1H3,(H,21,22). The van der Waals surface area contributed by atoms with E-state index in [0.29, 0.717) is 17.2 Å². The first kappa shape index (κ1) is 15.6. The smallest absolute Gasteiger partial charge is 0.255 e. The quantitative estimate of drug-likeness (QED) is 0.912. The van der Waals surface area contributed by atoms with Gasteiger partial charge in [-0.2, -0.15) is 0 Å². The second-order valence-corrected chi connectivity index (χ2v) is 5.96. The fraction of sp³-hybridized carbons (Fsp3) is 0.316. The zero-order chi connectivity index (χ0) is 16.1. The van der Waals surface area contributed by atoms with E-state index in [1.54, 1.807) is 6.07 Å². The van der Waals surface area contributed by atoms with Gasteiger partial charge < -0.3 is 15.4 Å². The molecule has 2 aromatic rings. The zero-order valence-electron chi connectivity index (χ0n) is 13.3. The number of hydrogen-bond donors (Lipinski definition) is 2. The van der Waals surface area contributed by atoms with Crippen LogP contribution in [0.2, 0.25) is 0 Å². The summed E-state index contributed by atoms with van der Waals surface area (Å²) in [5, 5.41) is 6.50. The Morgan fingerprint density at radius 2 is 1.87 bits per heavy atom. The summed E-state index contributed by atoms with van der Waals surface area (Å²) in [6.45, 7) is 4.04. The number of piperidine rings is 1. The van der Waals surface area contributed by atoms with Gasteiger partial charge in [-0.25, -0.2) is 0 Å². The van der Waals surface area contributed by atoms with Crippen LogP contribution in [0.4, 0.5) is 0 Å². The van der Waals surface area contributed by atoms with Gasteiger partial charge in [0.05, 0.1) is 5.56 Å². The maximum absolute atomic E-state index is 12.7. The molecule has 1 aliphatic rings. The average molecular weight is 310 g/mol. The summed E-state index contributed by atoms with van der Waals surface area (Å²) >= 11 is 0. The summed E-state index contributed by atoms with van der Waals surface area (Å²) in [6, 6.07) is 17.1. The summed E-state index contributed by atoms with van der Waals surface area (Å²) in [6.07, 6.45) is 0.953. The lowest BCUT2D eigenvalue weighted by atomic mass is 9.95. The molecule has 1 saturated heterocycles. The Hall–Kier alpha value is -2.33. The van der Waals surface area contributed by atoms with Crippen LogP contribution in [-0.4, -0.2) is 25.0 Å². The van der Waals surface area contributed by atoms with Crippen LogP contribution < -0.4 is 15.4 Å². The summed E-state index contributed by atoms with van der Waals surface area (Å²) in [5.74, 6) is 1.66. The number of amides is 1. The Kier molecular flexibility index (Phi) is 4.93. The van der Waals surface area contributed by atoms with Gasteiger partial charge in [-0.3, -0.25) is 4.79 Å². The van der Waals surface area contributed by atoms with Gasteiger partial charge in [0.1, 0.15) is 11.5 Å². The molecule has 0 radical (unpaired) electrons. The molecule has 4 nitrogen and oxygen atoms in total. The van der Waals surface area contributed by atoms with Crippen LogP contribution in [-0.2, 0) is 0 Å². The molecule has 2 unspecified atom stereocenters. The highest BCUT2D eigenvalue weighted by Crippen LogP contribution is 2.25. The highest BCUT2D eigenvalue weighted by Gasteiger charge is 2.24. The van der Waals surface area contributed by atoms with Gasteiger partial charge in [0.2, 0.25) is 0 Å². The molecule has 0 spiro atoms. The highest BCUT2D eigenvalue weighted by molar-refractivity contribution is 5.97. The van der Waals surface area contributed by atoms with E-state index in [9.17, 15) is 4.79 Å². The third-order valence-electron chi connectivity index (χ3n) is 4.20. The molecule has 2 aromatic carbocycles. The van der Waals surface area contributed by atoms with Crippen molar-refractivity contribution in [1.29, 1.82) is 0 Å². The molecule has 1 aliphatic heterocycles. The molecular formula is C19H22N2O2. The van der Waals surface area contributed by atoms with Gasteiger partial charge in [-0.1, -0.05) is 37.3 Å². The SMILES string of the molecule is CC1CNCCC1NC(=O)c1ccccc1Oc1ccccc1. The molecule has 1 fully saturated rings. The van der Waals surface area contributed by atoms with E-state index in [0.717, 1.165) is 25.3 Å². The van der Waals surface area contributed by atoms with Crippen molar-refractivity contribution < 1.29 is 9.53 Å². The summed E-state index contributed by atoms with van der Waals surface area (Å²) in [5.41, 5.74) is 0.571. The number of nitrogens with one attached hydrogen (secondary N) is 2. The molecule has 0 aromatic heterocycles. The van der Waals surface area contributed by atoms with Crippen molar-refractivity contribution in [3.63, 3.8) is 0 Å². The van der Waals surface area contributed by atoms with Crippen molar-refractivity contribution in [2.75, 3.05) is 13.1 Å². The summed E-state index contributed by atoms with van der Waals surface area (Å²) in [4.78, 5) is 12.7. The molecule has 1 heterocycles. The van der Waals surface area contributed by atoms with Crippen LogP contribution in [0.3, 0.4) is 0 Å². The second-order valence-electron chi connectivity index (χ2n) is 5.96. The number of hydrogen-bond acceptors (Lipinski definition) is 3. The zero-order valence-corrected chi connectivity index (χ0v) is 13.3. The third kappa shape index (κ3) is 3.90. The van der Waals surface area contributed by atoms with Crippen molar-refractivity contribution in [3.05, 3.63) is 60.2 Å². The summed E-state index contributed by atoms with van der Waals surface area (Å²) in [7, 11) is 0. The fourth-order valence-corrected chi connectivity index (χ4v) is 2.83. The number of benzene rings is 2. The second kappa shape index (κ2) is 7.29. The number of carbonyl (C=O) groups excluding carboxylic acids is 1. The van der Waals surface area contributed by atoms with Crippen LogP contribution in [0, 0.1) is 5.92 Å².